The molecule has 1 aliphatic carbocycles. The lowest BCUT2D eigenvalue weighted by Gasteiger charge is -2.33. The van der Waals surface area contributed by atoms with Crippen LogP contribution in [0.2, 0.25) is 5.02 Å². The molecule has 0 aromatic heterocycles. The highest BCUT2D eigenvalue weighted by atomic mass is 35.5. The van der Waals surface area contributed by atoms with Gasteiger partial charge >= 0.3 is 0 Å². The summed E-state index contributed by atoms with van der Waals surface area (Å²) >= 11 is 6.49. The third-order valence-electron chi connectivity index (χ3n) is 4.54. The fraction of sp³-hybridized carbons (Fsp3) is 0.647. The minimum Gasteiger partial charge on any atom is -0.370 e. The van der Waals surface area contributed by atoms with E-state index in [1.54, 1.807) is 0 Å². The molecule has 1 aromatic carbocycles. The molecule has 3 heteroatoms. The largest absolute Gasteiger partial charge is 0.370 e. The Hall–Kier alpha value is -0.730. The summed E-state index contributed by atoms with van der Waals surface area (Å²) < 4.78 is 0. The summed E-state index contributed by atoms with van der Waals surface area (Å²) in [6, 6.07) is 7.30. The quantitative estimate of drug-likeness (QED) is 0.873. The van der Waals surface area contributed by atoms with Crippen LogP contribution in [-0.2, 0) is 6.42 Å². The van der Waals surface area contributed by atoms with Gasteiger partial charge in [0.15, 0.2) is 0 Å². The molecule has 0 bridgehead atoms. The molecule has 20 heavy (non-hydrogen) atoms. The Morgan fingerprint density at radius 1 is 1.30 bits per heavy atom. The van der Waals surface area contributed by atoms with E-state index in [9.17, 15) is 0 Å². The third-order valence-corrected chi connectivity index (χ3v) is 4.84. The first kappa shape index (κ1) is 15.7. The lowest BCUT2D eigenvalue weighted by molar-refractivity contribution is 0.427. The molecule has 1 fully saturated rings. The topological polar surface area (TPSA) is 29.3 Å². The highest BCUT2D eigenvalue weighted by Crippen LogP contribution is 2.32. The van der Waals surface area contributed by atoms with Crippen molar-refractivity contribution >= 4 is 17.3 Å². The SMILES string of the molecule is CCC(N)Cc1ccc(N(C)C2CCCCC2)c(Cl)c1. The molecule has 2 rings (SSSR count). The van der Waals surface area contributed by atoms with E-state index >= 15 is 0 Å². The minimum absolute atomic E-state index is 0.230. The summed E-state index contributed by atoms with van der Waals surface area (Å²) in [5.41, 5.74) is 8.42. The fourth-order valence-corrected chi connectivity index (χ4v) is 3.41. The van der Waals surface area contributed by atoms with Crippen LogP contribution >= 0.6 is 11.6 Å². The van der Waals surface area contributed by atoms with Crippen molar-refractivity contribution in [1.29, 1.82) is 0 Å². The molecular weight excluding hydrogens is 268 g/mol. The highest BCUT2D eigenvalue weighted by Gasteiger charge is 2.20. The molecular formula is C17H27ClN2. The van der Waals surface area contributed by atoms with Crippen LogP contribution < -0.4 is 10.6 Å². The van der Waals surface area contributed by atoms with E-state index in [0.717, 1.165) is 23.6 Å². The van der Waals surface area contributed by atoms with Crippen LogP contribution in [0.15, 0.2) is 18.2 Å². The zero-order chi connectivity index (χ0) is 14.5. The number of hydrogen-bond acceptors (Lipinski definition) is 2. The first-order valence-electron chi connectivity index (χ1n) is 7.88. The fourth-order valence-electron chi connectivity index (χ4n) is 3.08. The van der Waals surface area contributed by atoms with Crippen molar-refractivity contribution in [3.8, 4) is 0 Å². The van der Waals surface area contributed by atoms with E-state index in [2.05, 4.69) is 37.1 Å². The zero-order valence-electron chi connectivity index (χ0n) is 12.7. The first-order chi connectivity index (χ1) is 9.61. The number of halogens is 1. The maximum Gasteiger partial charge on any atom is 0.0642 e. The minimum atomic E-state index is 0.230. The summed E-state index contributed by atoms with van der Waals surface area (Å²) in [7, 11) is 2.18. The second-order valence-corrected chi connectivity index (χ2v) is 6.47. The number of anilines is 1. The second kappa shape index (κ2) is 7.33. The van der Waals surface area contributed by atoms with Crippen LogP contribution in [0.4, 0.5) is 5.69 Å². The molecule has 1 unspecified atom stereocenters. The zero-order valence-corrected chi connectivity index (χ0v) is 13.5. The van der Waals surface area contributed by atoms with Gasteiger partial charge < -0.3 is 10.6 Å². The number of rotatable bonds is 5. The van der Waals surface area contributed by atoms with Gasteiger partial charge in [0.2, 0.25) is 0 Å². The van der Waals surface area contributed by atoms with Crippen molar-refractivity contribution in [1.82, 2.24) is 0 Å². The van der Waals surface area contributed by atoms with Crippen LogP contribution in [0.25, 0.3) is 0 Å². The summed E-state index contributed by atoms with van der Waals surface area (Å²) in [5, 5.41) is 0.860. The molecule has 0 heterocycles. The summed E-state index contributed by atoms with van der Waals surface area (Å²) in [6.45, 7) is 2.12. The Kier molecular flexibility index (Phi) is 5.74. The molecule has 0 spiro atoms. The maximum absolute atomic E-state index is 6.49. The van der Waals surface area contributed by atoms with E-state index < -0.39 is 0 Å². The van der Waals surface area contributed by atoms with Crippen LogP contribution in [0.5, 0.6) is 0 Å². The Balaban J connectivity index is 2.08. The maximum atomic E-state index is 6.49. The Bertz CT molecular complexity index is 427. The number of hydrogen-bond donors (Lipinski definition) is 1. The Labute approximate surface area is 128 Å². The van der Waals surface area contributed by atoms with Crippen molar-refractivity contribution in [2.75, 3.05) is 11.9 Å². The van der Waals surface area contributed by atoms with E-state index in [1.807, 2.05) is 0 Å². The molecule has 1 aromatic rings. The molecule has 1 aliphatic rings. The predicted molar refractivity (Wildman–Crippen MR) is 88.7 cm³/mol. The van der Waals surface area contributed by atoms with Gasteiger partial charge in [0.1, 0.15) is 0 Å². The van der Waals surface area contributed by atoms with E-state index in [0.29, 0.717) is 6.04 Å². The lowest BCUT2D eigenvalue weighted by atomic mass is 9.94. The van der Waals surface area contributed by atoms with Gasteiger partial charge in [-0.25, -0.2) is 0 Å². The predicted octanol–water partition coefficient (Wildman–Crippen LogP) is 4.39. The summed E-state index contributed by atoms with van der Waals surface area (Å²) in [5.74, 6) is 0. The Morgan fingerprint density at radius 2 is 2.00 bits per heavy atom. The molecule has 112 valence electrons. The van der Waals surface area contributed by atoms with E-state index in [1.165, 1.54) is 37.7 Å². The van der Waals surface area contributed by atoms with Gasteiger partial charge in [0.25, 0.3) is 0 Å². The van der Waals surface area contributed by atoms with Gasteiger partial charge in [-0.3, -0.25) is 0 Å². The van der Waals surface area contributed by atoms with Gasteiger partial charge in [-0.1, -0.05) is 43.9 Å². The lowest BCUT2D eigenvalue weighted by Crippen LogP contribution is -2.33. The molecule has 0 radical (unpaired) electrons. The van der Waals surface area contributed by atoms with E-state index in [4.69, 9.17) is 17.3 Å². The monoisotopic (exact) mass is 294 g/mol. The van der Waals surface area contributed by atoms with Crippen LogP contribution in [-0.4, -0.2) is 19.1 Å². The van der Waals surface area contributed by atoms with Crippen molar-refractivity contribution < 1.29 is 0 Å². The van der Waals surface area contributed by atoms with Gasteiger partial charge in [-0.05, 0) is 43.4 Å². The Morgan fingerprint density at radius 3 is 2.60 bits per heavy atom. The first-order valence-corrected chi connectivity index (χ1v) is 8.26. The van der Waals surface area contributed by atoms with Gasteiger partial charge in [0, 0.05) is 19.1 Å². The second-order valence-electron chi connectivity index (χ2n) is 6.06. The number of benzene rings is 1. The smallest absolute Gasteiger partial charge is 0.0642 e. The molecule has 0 amide bonds. The standard InChI is InChI=1S/C17H27ClN2/c1-3-14(19)11-13-9-10-17(16(18)12-13)20(2)15-7-5-4-6-8-15/h9-10,12,14-15H,3-8,11,19H2,1-2H3. The van der Waals surface area contributed by atoms with Crippen molar-refractivity contribution in [2.24, 2.45) is 5.73 Å². The summed E-state index contributed by atoms with van der Waals surface area (Å²) in [6.07, 6.45) is 8.55. The van der Waals surface area contributed by atoms with Gasteiger partial charge in [-0.15, -0.1) is 0 Å². The molecule has 2 nitrogen and oxygen atoms in total. The van der Waals surface area contributed by atoms with Crippen LogP contribution in [0, 0.1) is 0 Å². The van der Waals surface area contributed by atoms with Crippen LogP contribution in [0.1, 0.15) is 51.0 Å². The number of nitrogens with zero attached hydrogens (tertiary/aromatic N) is 1. The average Bonchev–Trinajstić information content (AvgIpc) is 2.47. The highest BCUT2D eigenvalue weighted by molar-refractivity contribution is 6.33. The van der Waals surface area contributed by atoms with Crippen LogP contribution in [0.3, 0.4) is 0 Å². The normalized spacial score (nSPS) is 18.0. The molecule has 1 atom stereocenters. The van der Waals surface area contributed by atoms with Gasteiger partial charge in [0.05, 0.1) is 10.7 Å². The molecule has 0 saturated heterocycles. The molecule has 2 N–H and O–H groups in total. The van der Waals surface area contributed by atoms with Crippen molar-refractivity contribution in [3.05, 3.63) is 28.8 Å². The van der Waals surface area contributed by atoms with Crippen molar-refractivity contribution in [3.63, 3.8) is 0 Å². The molecule has 1 saturated carbocycles. The summed E-state index contributed by atoms with van der Waals surface area (Å²) in [4.78, 5) is 2.37. The molecule has 0 aliphatic heterocycles. The number of nitrogens with two attached hydrogens (primary N) is 1. The average molecular weight is 295 g/mol. The van der Waals surface area contributed by atoms with Gasteiger partial charge in [-0.2, -0.15) is 0 Å². The van der Waals surface area contributed by atoms with E-state index in [-0.39, 0.29) is 6.04 Å². The third kappa shape index (κ3) is 3.89. The van der Waals surface area contributed by atoms with Crippen molar-refractivity contribution in [2.45, 2.75) is 64.0 Å².